The van der Waals surface area contributed by atoms with Crippen molar-refractivity contribution >= 4 is 22.2 Å². The third-order valence-electron chi connectivity index (χ3n) is 3.80. The Morgan fingerprint density at radius 1 is 1.14 bits per heavy atom. The molecule has 110 valence electrons. The first-order chi connectivity index (χ1) is 10.2. The molecule has 0 fully saturated rings. The summed E-state index contributed by atoms with van der Waals surface area (Å²) in [6.07, 6.45) is 4.32. The van der Waals surface area contributed by atoms with E-state index in [2.05, 4.69) is 61.0 Å². The molecule has 3 heteroatoms. The summed E-state index contributed by atoms with van der Waals surface area (Å²) in [6.45, 7) is 5.23. The molecular formula is C18H22N2S. The van der Waals surface area contributed by atoms with Crippen LogP contribution in [-0.2, 0) is 19.4 Å². The molecule has 0 aliphatic carbocycles. The zero-order valence-electron chi connectivity index (χ0n) is 12.7. The topological polar surface area (TPSA) is 30.9 Å². The Hall–Kier alpha value is -1.58. The first kappa shape index (κ1) is 14.4. The number of thiophene rings is 1. The lowest BCUT2D eigenvalue weighted by Crippen LogP contribution is -2.17. The Bertz CT molecular complexity index is 737. The summed E-state index contributed by atoms with van der Waals surface area (Å²) in [7, 11) is 0. The van der Waals surface area contributed by atoms with Gasteiger partial charge < -0.3 is 10.3 Å². The number of aromatic nitrogens is 1. The largest absolute Gasteiger partial charge is 0.342 e. The van der Waals surface area contributed by atoms with Crippen molar-refractivity contribution in [2.75, 3.05) is 0 Å². The van der Waals surface area contributed by atoms with E-state index in [9.17, 15) is 0 Å². The third-order valence-corrected chi connectivity index (χ3v) is 5.02. The van der Waals surface area contributed by atoms with Crippen molar-refractivity contribution in [1.82, 2.24) is 4.57 Å². The SMILES string of the molecule is CCc1ccc(Cn2cc(CC(C)N)c3ccccc32)s1. The van der Waals surface area contributed by atoms with Crippen LogP contribution in [0.5, 0.6) is 0 Å². The maximum Gasteiger partial charge on any atom is 0.0569 e. The van der Waals surface area contributed by atoms with Gasteiger partial charge in [-0.2, -0.15) is 0 Å². The van der Waals surface area contributed by atoms with E-state index in [-0.39, 0.29) is 6.04 Å². The minimum absolute atomic E-state index is 0.192. The van der Waals surface area contributed by atoms with E-state index in [4.69, 9.17) is 5.73 Å². The number of aryl methyl sites for hydroxylation is 1. The Morgan fingerprint density at radius 3 is 2.62 bits per heavy atom. The molecule has 1 unspecified atom stereocenters. The molecule has 1 atom stereocenters. The summed E-state index contributed by atoms with van der Waals surface area (Å²) in [5, 5.41) is 1.34. The Balaban J connectivity index is 1.97. The van der Waals surface area contributed by atoms with E-state index < -0.39 is 0 Å². The van der Waals surface area contributed by atoms with E-state index in [1.54, 1.807) is 0 Å². The van der Waals surface area contributed by atoms with Gasteiger partial charge in [-0.3, -0.25) is 0 Å². The molecule has 0 amide bonds. The molecule has 1 aromatic carbocycles. The second-order valence-electron chi connectivity index (χ2n) is 5.70. The first-order valence-corrected chi connectivity index (χ1v) is 8.39. The maximum atomic E-state index is 5.99. The summed E-state index contributed by atoms with van der Waals surface area (Å²) in [4.78, 5) is 2.87. The van der Waals surface area contributed by atoms with E-state index >= 15 is 0 Å². The highest BCUT2D eigenvalue weighted by Gasteiger charge is 2.10. The minimum Gasteiger partial charge on any atom is -0.342 e. The van der Waals surface area contributed by atoms with Crippen LogP contribution < -0.4 is 5.73 Å². The molecule has 0 radical (unpaired) electrons. The van der Waals surface area contributed by atoms with Gasteiger partial charge >= 0.3 is 0 Å². The van der Waals surface area contributed by atoms with Crippen molar-refractivity contribution < 1.29 is 0 Å². The fourth-order valence-electron chi connectivity index (χ4n) is 2.83. The summed E-state index contributed by atoms with van der Waals surface area (Å²) in [6, 6.07) is 13.3. The molecule has 2 aromatic heterocycles. The zero-order chi connectivity index (χ0) is 14.8. The molecule has 2 nitrogen and oxygen atoms in total. The van der Waals surface area contributed by atoms with Crippen molar-refractivity contribution in [3.8, 4) is 0 Å². The van der Waals surface area contributed by atoms with Crippen molar-refractivity contribution in [2.45, 2.75) is 39.3 Å². The Labute approximate surface area is 130 Å². The lowest BCUT2D eigenvalue weighted by atomic mass is 10.1. The minimum atomic E-state index is 0.192. The highest BCUT2D eigenvalue weighted by atomic mass is 32.1. The molecule has 3 rings (SSSR count). The molecule has 0 bridgehead atoms. The smallest absolute Gasteiger partial charge is 0.0569 e. The molecular weight excluding hydrogens is 276 g/mol. The number of nitrogens with two attached hydrogens (primary N) is 1. The van der Waals surface area contributed by atoms with Gasteiger partial charge in [-0.05, 0) is 43.5 Å². The standard InChI is InChI=1S/C18H22N2S/c1-3-15-8-9-16(21-15)12-20-11-14(10-13(2)19)17-6-4-5-7-18(17)20/h4-9,11,13H,3,10,12,19H2,1-2H3. The summed E-state index contributed by atoms with van der Waals surface area (Å²) in [5.41, 5.74) is 8.65. The van der Waals surface area contributed by atoms with E-state index in [0.29, 0.717) is 0 Å². The van der Waals surface area contributed by atoms with Gasteiger partial charge in [0.05, 0.1) is 6.54 Å². The monoisotopic (exact) mass is 298 g/mol. The number of para-hydroxylation sites is 1. The molecule has 0 saturated heterocycles. The van der Waals surface area contributed by atoms with E-state index in [1.165, 1.54) is 26.2 Å². The van der Waals surface area contributed by atoms with Crippen LogP contribution in [0.4, 0.5) is 0 Å². The van der Waals surface area contributed by atoms with Crippen molar-refractivity contribution in [2.24, 2.45) is 5.73 Å². The van der Waals surface area contributed by atoms with Crippen LogP contribution >= 0.6 is 11.3 Å². The van der Waals surface area contributed by atoms with Gasteiger partial charge in [-0.1, -0.05) is 25.1 Å². The van der Waals surface area contributed by atoms with Crippen LogP contribution in [-0.4, -0.2) is 10.6 Å². The Kier molecular flexibility index (Phi) is 4.13. The number of benzene rings is 1. The van der Waals surface area contributed by atoms with Crippen LogP contribution in [0.3, 0.4) is 0 Å². The van der Waals surface area contributed by atoms with Crippen LogP contribution in [0.15, 0.2) is 42.6 Å². The van der Waals surface area contributed by atoms with Gasteiger partial charge in [-0.15, -0.1) is 11.3 Å². The highest BCUT2D eigenvalue weighted by molar-refractivity contribution is 7.11. The fraction of sp³-hybridized carbons (Fsp3) is 0.333. The van der Waals surface area contributed by atoms with Crippen LogP contribution in [0.2, 0.25) is 0 Å². The van der Waals surface area contributed by atoms with E-state index in [1.807, 2.05) is 11.3 Å². The lowest BCUT2D eigenvalue weighted by molar-refractivity contribution is 0.735. The van der Waals surface area contributed by atoms with Crippen molar-refractivity contribution in [3.63, 3.8) is 0 Å². The van der Waals surface area contributed by atoms with Crippen molar-refractivity contribution in [3.05, 3.63) is 57.9 Å². The third kappa shape index (κ3) is 3.04. The number of rotatable bonds is 5. The fourth-order valence-corrected chi connectivity index (χ4v) is 3.79. The number of fused-ring (bicyclic) bond motifs is 1. The zero-order valence-corrected chi connectivity index (χ0v) is 13.5. The van der Waals surface area contributed by atoms with Gasteiger partial charge in [0.1, 0.15) is 0 Å². The average Bonchev–Trinajstić information content (AvgIpc) is 3.05. The summed E-state index contributed by atoms with van der Waals surface area (Å²) < 4.78 is 2.36. The normalized spacial score (nSPS) is 12.9. The van der Waals surface area contributed by atoms with Crippen molar-refractivity contribution in [1.29, 1.82) is 0 Å². The predicted molar refractivity (Wildman–Crippen MR) is 92.1 cm³/mol. The molecule has 0 spiro atoms. The molecule has 0 aliphatic rings. The van der Waals surface area contributed by atoms with Crippen LogP contribution in [0.25, 0.3) is 10.9 Å². The number of nitrogens with zero attached hydrogens (tertiary/aromatic N) is 1. The molecule has 2 N–H and O–H groups in total. The molecule has 21 heavy (non-hydrogen) atoms. The second-order valence-corrected chi connectivity index (χ2v) is 6.96. The summed E-state index contributed by atoms with van der Waals surface area (Å²) >= 11 is 1.91. The second kappa shape index (κ2) is 6.04. The van der Waals surface area contributed by atoms with Crippen LogP contribution in [0, 0.1) is 0 Å². The Morgan fingerprint density at radius 2 is 1.90 bits per heavy atom. The van der Waals surface area contributed by atoms with Gasteiger partial charge in [0.2, 0.25) is 0 Å². The number of hydrogen-bond donors (Lipinski definition) is 1. The maximum absolute atomic E-state index is 5.99. The van der Waals surface area contributed by atoms with Crippen LogP contribution in [0.1, 0.15) is 29.2 Å². The van der Waals surface area contributed by atoms with Gasteiger partial charge in [0.15, 0.2) is 0 Å². The molecule has 3 aromatic rings. The van der Waals surface area contributed by atoms with Gasteiger partial charge in [0, 0.05) is 32.9 Å². The average molecular weight is 298 g/mol. The lowest BCUT2D eigenvalue weighted by Gasteiger charge is -2.03. The molecule has 0 aliphatic heterocycles. The summed E-state index contributed by atoms with van der Waals surface area (Å²) in [5.74, 6) is 0. The first-order valence-electron chi connectivity index (χ1n) is 7.57. The quantitative estimate of drug-likeness (QED) is 0.752. The highest BCUT2D eigenvalue weighted by Crippen LogP contribution is 2.25. The number of hydrogen-bond acceptors (Lipinski definition) is 2. The molecule has 0 saturated carbocycles. The predicted octanol–water partition coefficient (Wildman–Crippen LogP) is 4.20. The molecule has 2 heterocycles. The van der Waals surface area contributed by atoms with Gasteiger partial charge in [-0.25, -0.2) is 0 Å². The van der Waals surface area contributed by atoms with Gasteiger partial charge in [0.25, 0.3) is 0 Å². The van der Waals surface area contributed by atoms with E-state index in [0.717, 1.165) is 19.4 Å².